The van der Waals surface area contributed by atoms with E-state index in [2.05, 4.69) is 12.1 Å². The van der Waals surface area contributed by atoms with Gasteiger partial charge in [0.05, 0.1) is 5.92 Å². The lowest BCUT2D eigenvalue weighted by Gasteiger charge is -2.36. The number of nitrogens with zero attached hydrogens (tertiary/aromatic N) is 3. The molecular weight excluding hydrogens is 338 g/mol. The summed E-state index contributed by atoms with van der Waals surface area (Å²) in [7, 11) is -3.35. The summed E-state index contributed by atoms with van der Waals surface area (Å²) in [5.74, 6) is 0.0982. The first-order valence-electron chi connectivity index (χ1n) is 9.19. The van der Waals surface area contributed by atoms with E-state index < -0.39 is 10.2 Å². The molecule has 0 bridgehead atoms. The van der Waals surface area contributed by atoms with Gasteiger partial charge >= 0.3 is 0 Å². The highest BCUT2D eigenvalue weighted by Gasteiger charge is 2.37. The fourth-order valence-corrected chi connectivity index (χ4v) is 5.93. The maximum atomic E-state index is 12.9. The molecule has 0 N–H and O–H groups in total. The maximum Gasteiger partial charge on any atom is 0.282 e. The molecule has 2 heterocycles. The van der Waals surface area contributed by atoms with Crippen LogP contribution in [0.25, 0.3) is 0 Å². The van der Waals surface area contributed by atoms with Crippen LogP contribution in [0.4, 0.5) is 0 Å². The molecule has 2 aliphatic heterocycles. The molecular formula is C18H25N3O3S. The molecule has 1 aliphatic carbocycles. The quantitative estimate of drug-likeness (QED) is 0.811. The molecule has 2 saturated heterocycles. The van der Waals surface area contributed by atoms with Crippen molar-refractivity contribution in [1.29, 1.82) is 0 Å². The molecule has 4 rings (SSSR count). The van der Waals surface area contributed by atoms with Crippen LogP contribution in [0, 0.1) is 0 Å². The number of hydrogen-bond donors (Lipinski definition) is 0. The number of fused-ring (bicyclic) bond motifs is 1. The standard InChI is InChI=1S/C18H25N3O3S/c22-18(17-8-7-15-5-1-2-6-16(15)17)19-11-13-21(14-12-19)25(23,24)20-9-3-4-10-20/h1-2,5-6,17H,3-4,7-14H2/t17-/m1/s1. The van der Waals surface area contributed by atoms with Crippen molar-refractivity contribution < 1.29 is 13.2 Å². The summed E-state index contributed by atoms with van der Waals surface area (Å²) in [6.45, 7) is 3.04. The molecule has 3 aliphatic rings. The van der Waals surface area contributed by atoms with Gasteiger partial charge in [-0.05, 0) is 36.8 Å². The van der Waals surface area contributed by atoms with Crippen LogP contribution in [0.1, 0.15) is 36.3 Å². The minimum absolute atomic E-state index is 0.0575. The van der Waals surface area contributed by atoms with Crippen molar-refractivity contribution in [2.45, 2.75) is 31.6 Å². The third-order valence-electron chi connectivity index (χ3n) is 5.70. The van der Waals surface area contributed by atoms with Gasteiger partial charge in [-0.25, -0.2) is 0 Å². The van der Waals surface area contributed by atoms with E-state index in [0.717, 1.165) is 31.2 Å². The van der Waals surface area contributed by atoms with Gasteiger partial charge in [0.2, 0.25) is 5.91 Å². The molecule has 1 amide bonds. The van der Waals surface area contributed by atoms with Crippen LogP contribution in [-0.2, 0) is 21.4 Å². The maximum absolute atomic E-state index is 12.9. The van der Waals surface area contributed by atoms with Gasteiger partial charge in [-0.15, -0.1) is 0 Å². The number of benzene rings is 1. The Kier molecular flexibility index (Phi) is 4.56. The first-order chi connectivity index (χ1) is 12.1. The van der Waals surface area contributed by atoms with E-state index in [4.69, 9.17) is 0 Å². The van der Waals surface area contributed by atoms with Gasteiger partial charge in [0.15, 0.2) is 0 Å². The smallest absolute Gasteiger partial charge is 0.282 e. The first kappa shape index (κ1) is 17.0. The molecule has 136 valence electrons. The van der Waals surface area contributed by atoms with Gasteiger partial charge in [-0.1, -0.05) is 24.3 Å². The third-order valence-corrected chi connectivity index (χ3v) is 7.73. The second-order valence-corrected chi connectivity index (χ2v) is 9.06. The van der Waals surface area contributed by atoms with Gasteiger partial charge in [-0.2, -0.15) is 17.0 Å². The molecule has 7 heteroatoms. The average molecular weight is 363 g/mol. The number of carbonyl (C=O) groups is 1. The molecule has 1 aromatic rings. The zero-order chi connectivity index (χ0) is 17.4. The van der Waals surface area contributed by atoms with Crippen molar-refractivity contribution >= 4 is 16.1 Å². The fourth-order valence-electron chi connectivity index (χ4n) is 4.26. The van der Waals surface area contributed by atoms with Crippen LogP contribution < -0.4 is 0 Å². The summed E-state index contributed by atoms with van der Waals surface area (Å²) in [4.78, 5) is 14.8. The average Bonchev–Trinajstić information content (AvgIpc) is 3.31. The summed E-state index contributed by atoms with van der Waals surface area (Å²) in [5, 5.41) is 0. The summed E-state index contributed by atoms with van der Waals surface area (Å²) >= 11 is 0. The van der Waals surface area contributed by atoms with Gasteiger partial charge in [0.25, 0.3) is 10.2 Å². The van der Waals surface area contributed by atoms with Crippen LogP contribution in [0.2, 0.25) is 0 Å². The monoisotopic (exact) mass is 363 g/mol. The summed E-state index contributed by atoms with van der Waals surface area (Å²) in [6.07, 6.45) is 3.71. The molecule has 0 unspecified atom stereocenters. The second-order valence-electron chi connectivity index (χ2n) is 7.13. The third kappa shape index (κ3) is 3.09. The summed E-state index contributed by atoms with van der Waals surface area (Å²) in [6, 6.07) is 8.17. The highest BCUT2D eigenvalue weighted by atomic mass is 32.2. The van der Waals surface area contributed by atoms with E-state index in [1.807, 2.05) is 17.0 Å². The van der Waals surface area contributed by atoms with E-state index in [9.17, 15) is 13.2 Å². The van der Waals surface area contributed by atoms with E-state index in [0.29, 0.717) is 39.3 Å². The lowest BCUT2D eigenvalue weighted by atomic mass is 9.99. The normalized spacial score (nSPS) is 25.3. The van der Waals surface area contributed by atoms with E-state index >= 15 is 0 Å². The molecule has 0 spiro atoms. The molecule has 0 saturated carbocycles. The predicted octanol–water partition coefficient (Wildman–Crippen LogP) is 1.20. The first-order valence-corrected chi connectivity index (χ1v) is 10.6. The van der Waals surface area contributed by atoms with Crippen LogP contribution in [0.5, 0.6) is 0 Å². The molecule has 1 aromatic carbocycles. The summed E-state index contributed by atoms with van der Waals surface area (Å²) in [5.41, 5.74) is 2.43. The predicted molar refractivity (Wildman–Crippen MR) is 95.4 cm³/mol. The Balaban J connectivity index is 1.40. The van der Waals surface area contributed by atoms with E-state index in [1.54, 1.807) is 8.61 Å². The Bertz CT molecular complexity index is 751. The lowest BCUT2D eigenvalue weighted by molar-refractivity contribution is -0.134. The SMILES string of the molecule is O=C([C@@H]1CCc2ccccc21)N1CCN(S(=O)(=O)N2CCCC2)CC1. The number of rotatable bonds is 3. The van der Waals surface area contributed by atoms with Crippen LogP contribution >= 0.6 is 0 Å². The zero-order valence-corrected chi connectivity index (χ0v) is 15.2. The Labute approximate surface area is 149 Å². The molecule has 2 fully saturated rings. The minimum Gasteiger partial charge on any atom is -0.340 e. The van der Waals surface area contributed by atoms with E-state index in [1.165, 1.54) is 5.56 Å². The Hall–Kier alpha value is -1.44. The topological polar surface area (TPSA) is 60.9 Å². The van der Waals surface area contributed by atoms with Gasteiger partial charge in [0, 0.05) is 39.3 Å². The fraction of sp³-hybridized carbons (Fsp3) is 0.611. The largest absolute Gasteiger partial charge is 0.340 e. The van der Waals surface area contributed by atoms with E-state index in [-0.39, 0.29) is 11.8 Å². The number of aryl methyl sites for hydroxylation is 1. The highest BCUT2D eigenvalue weighted by molar-refractivity contribution is 7.86. The van der Waals surface area contributed by atoms with Gasteiger partial charge in [-0.3, -0.25) is 4.79 Å². The van der Waals surface area contributed by atoms with Crippen molar-refractivity contribution in [2.75, 3.05) is 39.3 Å². The van der Waals surface area contributed by atoms with Crippen molar-refractivity contribution in [1.82, 2.24) is 13.5 Å². The molecule has 0 radical (unpaired) electrons. The molecule has 6 nitrogen and oxygen atoms in total. The van der Waals surface area contributed by atoms with Crippen molar-refractivity contribution in [3.63, 3.8) is 0 Å². The molecule has 25 heavy (non-hydrogen) atoms. The molecule has 1 atom stereocenters. The van der Waals surface area contributed by atoms with Crippen molar-refractivity contribution in [3.05, 3.63) is 35.4 Å². The number of hydrogen-bond acceptors (Lipinski definition) is 3. The Morgan fingerprint density at radius 2 is 1.56 bits per heavy atom. The second kappa shape index (κ2) is 6.70. The van der Waals surface area contributed by atoms with Crippen molar-refractivity contribution in [2.24, 2.45) is 0 Å². The van der Waals surface area contributed by atoms with Crippen LogP contribution in [-0.4, -0.2) is 67.1 Å². The Morgan fingerprint density at radius 3 is 2.28 bits per heavy atom. The summed E-state index contributed by atoms with van der Waals surface area (Å²) < 4.78 is 28.4. The number of carbonyl (C=O) groups excluding carboxylic acids is 1. The van der Waals surface area contributed by atoms with Crippen LogP contribution in [0.15, 0.2) is 24.3 Å². The number of amides is 1. The highest BCUT2D eigenvalue weighted by Crippen LogP contribution is 2.34. The molecule has 0 aromatic heterocycles. The van der Waals surface area contributed by atoms with Gasteiger partial charge < -0.3 is 4.90 Å². The Morgan fingerprint density at radius 1 is 0.920 bits per heavy atom. The number of piperazine rings is 1. The zero-order valence-electron chi connectivity index (χ0n) is 14.4. The lowest BCUT2D eigenvalue weighted by Crippen LogP contribution is -2.54. The minimum atomic E-state index is -3.35. The van der Waals surface area contributed by atoms with Crippen molar-refractivity contribution in [3.8, 4) is 0 Å². The van der Waals surface area contributed by atoms with Crippen LogP contribution in [0.3, 0.4) is 0 Å². The van der Waals surface area contributed by atoms with Gasteiger partial charge in [0.1, 0.15) is 0 Å².